The number of halogens is 3. The molecule has 3 N–H and O–H groups in total. The number of aromatic nitrogens is 4. The molecule has 1 unspecified atom stereocenters. The zero-order valence-corrected chi connectivity index (χ0v) is 26.8. The van der Waals surface area contributed by atoms with Crippen molar-refractivity contribution < 1.29 is 27.4 Å². The number of methoxy groups -OCH3 is 1. The molecule has 10 nitrogen and oxygen atoms in total. The number of ether oxygens (including phenoxy) is 2. The highest BCUT2D eigenvalue weighted by molar-refractivity contribution is 5.76. The van der Waals surface area contributed by atoms with Crippen LogP contribution in [0.2, 0.25) is 0 Å². The summed E-state index contributed by atoms with van der Waals surface area (Å²) >= 11 is 0. The molecule has 248 valence electrons. The molecule has 2 atom stereocenters. The maximum atomic E-state index is 14.9. The molecule has 4 heterocycles. The van der Waals surface area contributed by atoms with Crippen LogP contribution >= 0.6 is 0 Å². The first-order valence-corrected chi connectivity index (χ1v) is 15.5. The molecule has 47 heavy (non-hydrogen) atoms. The first kappa shape index (κ1) is 32.3. The number of hydrogen-bond acceptors (Lipinski definition) is 9. The van der Waals surface area contributed by atoms with Crippen LogP contribution in [0.5, 0.6) is 5.88 Å². The minimum atomic E-state index is -4.80. The van der Waals surface area contributed by atoms with Crippen molar-refractivity contribution in [3.05, 3.63) is 77.1 Å². The van der Waals surface area contributed by atoms with E-state index in [2.05, 4.69) is 20.4 Å². The lowest BCUT2D eigenvalue weighted by Gasteiger charge is -2.39. The molecular formula is C34H38F3N7O3. The lowest BCUT2D eigenvalue weighted by atomic mass is 9.76. The largest absolute Gasteiger partial charge is 0.468 e. The Kier molecular flexibility index (Phi) is 8.60. The van der Waals surface area contributed by atoms with E-state index in [0.29, 0.717) is 37.6 Å². The summed E-state index contributed by atoms with van der Waals surface area (Å²) < 4.78 is 56.6. The van der Waals surface area contributed by atoms with Gasteiger partial charge in [0.15, 0.2) is 0 Å². The Bertz CT molecular complexity index is 1780. The number of carbonyl (C=O) groups excluding carboxylic acids is 1. The number of anilines is 2. The van der Waals surface area contributed by atoms with E-state index in [1.54, 1.807) is 31.3 Å². The van der Waals surface area contributed by atoms with Crippen LogP contribution in [0.25, 0.3) is 16.8 Å². The Morgan fingerprint density at radius 3 is 2.40 bits per heavy atom. The fourth-order valence-corrected chi connectivity index (χ4v) is 6.51. The first-order chi connectivity index (χ1) is 22.3. The fraction of sp³-hybridized carbons (Fsp3) is 0.412. The van der Waals surface area contributed by atoms with Gasteiger partial charge in [0.05, 0.1) is 18.5 Å². The van der Waals surface area contributed by atoms with Gasteiger partial charge in [-0.15, -0.1) is 0 Å². The summed E-state index contributed by atoms with van der Waals surface area (Å²) in [6, 6.07) is 13.5. The molecule has 0 amide bonds. The van der Waals surface area contributed by atoms with E-state index in [9.17, 15) is 18.0 Å². The van der Waals surface area contributed by atoms with E-state index in [4.69, 9.17) is 15.2 Å². The molecule has 2 saturated heterocycles. The summed E-state index contributed by atoms with van der Waals surface area (Å²) in [5.41, 5.74) is 10.5. The second-order valence-corrected chi connectivity index (χ2v) is 12.6. The highest BCUT2D eigenvalue weighted by Gasteiger charge is 2.46. The number of benzene rings is 2. The molecule has 0 saturated carbocycles. The topological polar surface area (TPSA) is 120 Å². The van der Waals surface area contributed by atoms with Gasteiger partial charge in [-0.2, -0.15) is 28.2 Å². The van der Waals surface area contributed by atoms with Gasteiger partial charge in [0.1, 0.15) is 11.9 Å². The average Bonchev–Trinajstić information content (AvgIpc) is 3.66. The van der Waals surface area contributed by atoms with Gasteiger partial charge in [0.25, 0.3) is 0 Å². The fourth-order valence-electron chi connectivity index (χ4n) is 6.51. The minimum absolute atomic E-state index is 0.0701. The van der Waals surface area contributed by atoms with E-state index < -0.39 is 12.3 Å². The number of alkyl halides is 3. The van der Waals surface area contributed by atoms with Gasteiger partial charge >= 0.3 is 12.1 Å². The molecule has 2 aliphatic heterocycles. The van der Waals surface area contributed by atoms with E-state index in [0.717, 1.165) is 35.1 Å². The highest BCUT2D eigenvalue weighted by Crippen LogP contribution is 2.43. The van der Waals surface area contributed by atoms with Crippen LogP contribution in [-0.4, -0.2) is 64.7 Å². The first-order valence-electron chi connectivity index (χ1n) is 15.5. The second-order valence-electron chi connectivity index (χ2n) is 12.6. The van der Waals surface area contributed by atoms with Crippen LogP contribution in [-0.2, 0) is 9.53 Å². The number of nitrogens with one attached hydrogen (secondary N) is 1. The second kappa shape index (κ2) is 12.5. The molecule has 13 heteroatoms. The summed E-state index contributed by atoms with van der Waals surface area (Å²) in [5, 5.41) is 7.68. The number of piperidine rings is 1. The lowest BCUT2D eigenvalue weighted by molar-refractivity contribution is -0.198. The zero-order chi connectivity index (χ0) is 33.5. The number of aryl methyl sites for hydroxylation is 3. The zero-order valence-electron chi connectivity index (χ0n) is 26.8. The van der Waals surface area contributed by atoms with Crippen LogP contribution in [0.15, 0.2) is 54.7 Å². The number of nitrogens with zero attached hydrogens (tertiary/aromatic N) is 5. The van der Waals surface area contributed by atoms with E-state index >= 15 is 0 Å². The number of carbonyl (C=O) groups is 1. The number of esters is 1. The number of nitrogens with two attached hydrogens (primary N) is 1. The van der Waals surface area contributed by atoms with Gasteiger partial charge in [0, 0.05) is 37.5 Å². The van der Waals surface area contributed by atoms with Crippen LogP contribution in [0.1, 0.15) is 47.8 Å². The Labute approximate surface area is 271 Å². The van der Waals surface area contributed by atoms with Gasteiger partial charge in [-0.3, -0.25) is 4.79 Å². The normalized spacial score (nSPS) is 18.4. The number of nitrogen functional groups attached to an aromatic ring is 1. The predicted octanol–water partition coefficient (Wildman–Crippen LogP) is 5.64. The van der Waals surface area contributed by atoms with Gasteiger partial charge in [-0.05, 0) is 79.8 Å². The molecule has 0 radical (unpaired) electrons. The van der Waals surface area contributed by atoms with E-state index in [1.807, 2.05) is 36.9 Å². The molecule has 2 aliphatic rings. The lowest BCUT2D eigenvalue weighted by Crippen LogP contribution is -2.41. The van der Waals surface area contributed by atoms with Gasteiger partial charge in [0.2, 0.25) is 17.9 Å². The maximum Gasteiger partial charge on any atom is 0.429 e. The smallest absolute Gasteiger partial charge is 0.429 e. The Morgan fingerprint density at radius 1 is 1.02 bits per heavy atom. The van der Waals surface area contributed by atoms with Crippen molar-refractivity contribution in [2.75, 3.05) is 37.4 Å². The summed E-state index contributed by atoms with van der Waals surface area (Å²) in [7, 11) is 1.38. The van der Waals surface area contributed by atoms with Crippen molar-refractivity contribution in [3.63, 3.8) is 0 Å². The van der Waals surface area contributed by atoms with Gasteiger partial charge in [-0.1, -0.05) is 30.3 Å². The van der Waals surface area contributed by atoms with E-state index in [-0.39, 0.29) is 40.5 Å². The Balaban J connectivity index is 1.29. The SMILES string of the molecule is COC(=O)C1CC2(CCN(c3cc(O[C@H](c4ccc(-c5ccc(C)c(C)c5)cc4-n4ccc(C)n4)C(F)(F)F)nc(N)n3)CC2)CN1. The van der Waals surface area contributed by atoms with Crippen LogP contribution in [0.3, 0.4) is 0 Å². The monoisotopic (exact) mass is 649 g/mol. The Hall–Kier alpha value is -4.65. The van der Waals surface area contributed by atoms with Crippen molar-refractivity contribution in [1.29, 1.82) is 0 Å². The maximum absolute atomic E-state index is 14.9. The number of rotatable bonds is 7. The van der Waals surface area contributed by atoms with Crippen LogP contribution in [0, 0.1) is 26.2 Å². The van der Waals surface area contributed by atoms with Crippen LogP contribution in [0.4, 0.5) is 24.9 Å². The summed E-state index contributed by atoms with van der Waals surface area (Å²) in [4.78, 5) is 22.4. The molecule has 6 rings (SSSR count). The third kappa shape index (κ3) is 6.76. The number of hydrogen-bond donors (Lipinski definition) is 2. The third-order valence-electron chi connectivity index (χ3n) is 9.36. The molecular weight excluding hydrogens is 611 g/mol. The molecule has 2 aromatic carbocycles. The van der Waals surface area contributed by atoms with Crippen LogP contribution < -0.4 is 20.7 Å². The minimum Gasteiger partial charge on any atom is -0.468 e. The standard InChI is InChI=1S/C34H38F3N7O3/c1-20-5-6-23(15-21(20)2)24-7-8-25(27(16-24)44-12-9-22(3)42-44)30(34(35,36)37)47-29-17-28(40-32(38)41-29)43-13-10-33(11-14-43)18-26(39-19-33)31(45)46-4/h5-9,12,15-17,26,30,39H,10-11,13-14,18-19H2,1-4H3,(H2,38,40,41)/t26?,30-/m1/s1. The predicted molar refractivity (Wildman–Crippen MR) is 171 cm³/mol. The molecule has 0 bridgehead atoms. The van der Waals surface area contributed by atoms with Crippen molar-refractivity contribution in [1.82, 2.24) is 25.1 Å². The summed E-state index contributed by atoms with van der Waals surface area (Å²) in [5.74, 6) is -0.379. The summed E-state index contributed by atoms with van der Waals surface area (Å²) in [6.45, 7) is 7.62. The molecule has 1 spiro atoms. The van der Waals surface area contributed by atoms with Crippen molar-refractivity contribution in [3.8, 4) is 22.7 Å². The molecule has 2 aromatic heterocycles. The molecule has 0 aliphatic carbocycles. The summed E-state index contributed by atoms with van der Waals surface area (Å²) in [6.07, 6.45) is -3.36. The Morgan fingerprint density at radius 2 is 1.74 bits per heavy atom. The van der Waals surface area contributed by atoms with E-state index in [1.165, 1.54) is 23.9 Å². The molecule has 2 fully saturated rings. The quantitative estimate of drug-likeness (QED) is 0.245. The highest BCUT2D eigenvalue weighted by atomic mass is 19.4. The third-order valence-corrected chi connectivity index (χ3v) is 9.36. The van der Waals surface area contributed by atoms with Crippen molar-refractivity contribution >= 4 is 17.7 Å². The average molecular weight is 650 g/mol. The van der Waals surface area contributed by atoms with Crippen molar-refractivity contribution in [2.24, 2.45) is 5.41 Å². The molecule has 4 aromatic rings. The van der Waals surface area contributed by atoms with Crippen molar-refractivity contribution in [2.45, 2.75) is 58.4 Å². The van der Waals surface area contributed by atoms with Gasteiger partial charge in [-0.25, -0.2) is 4.68 Å². The van der Waals surface area contributed by atoms with Gasteiger partial charge < -0.3 is 25.4 Å².